The fourth-order valence-electron chi connectivity index (χ4n) is 2.47. The maximum absolute atomic E-state index is 12.2. The van der Waals surface area contributed by atoms with Gasteiger partial charge in [0.1, 0.15) is 0 Å². The van der Waals surface area contributed by atoms with Crippen molar-refractivity contribution in [2.75, 3.05) is 6.54 Å². The highest BCUT2D eigenvalue weighted by atomic mass is 35.5. The third-order valence-corrected chi connectivity index (χ3v) is 3.90. The van der Waals surface area contributed by atoms with Gasteiger partial charge in [-0.25, -0.2) is 0 Å². The fourth-order valence-corrected chi connectivity index (χ4v) is 2.63. The molecule has 0 aromatic carbocycles. The van der Waals surface area contributed by atoms with Crippen LogP contribution in [0.15, 0.2) is 12.4 Å². The van der Waals surface area contributed by atoms with Gasteiger partial charge in [-0.3, -0.25) is 14.3 Å². The van der Waals surface area contributed by atoms with E-state index in [1.807, 2.05) is 6.92 Å². The number of aryl methyl sites for hydroxylation is 1. The third-order valence-electron chi connectivity index (χ3n) is 3.71. The number of carboxylic acid groups (broad SMARTS) is 1. The number of rotatable bonds is 4. The van der Waals surface area contributed by atoms with E-state index in [2.05, 4.69) is 5.10 Å². The van der Waals surface area contributed by atoms with E-state index in [0.717, 1.165) is 6.42 Å². The zero-order valence-corrected chi connectivity index (χ0v) is 12.1. The van der Waals surface area contributed by atoms with Gasteiger partial charge < -0.3 is 10.0 Å². The largest absolute Gasteiger partial charge is 0.481 e. The number of hydrogen-bond acceptors (Lipinski definition) is 3. The third kappa shape index (κ3) is 3.50. The summed E-state index contributed by atoms with van der Waals surface area (Å²) in [4.78, 5) is 24.9. The Morgan fingerprint density at radius 3 is 2.85 bits per heavy atom. The molecule has 1 fully saturated rings. The summed E-state index contributed by atoms with van der Waals surface area (Å²) in [6.07, 6.45) is 4.85. The van der Waals surface area contributed by atoms with E-state index in [0.29, 0.717) is 31.0 Å². The molecule has 7 heteroatoms. The summed E-state index contributed by atoms with van der Waals surface area (Å²) in [5.74, 6) is -1.31. The predicted octanol–water partition coefficient (Wildman–Crippen LogP) is 1.64. The summed E-state index contributed by atoms with van der Waals surface area (Å²) in [7, 11) is 0. The minimum absolute atomic E-state index is 0.0323. The van der Waals surface area contributed by atoms with Crippen LogP contribution in [0.5, 0.6) is 0 Å². The molecule has 1 saturated heterocycles. The average molecular weight is 300 g/mol. The molecule has 2 rings (SSSR count). The number of aromatic nitrogens is 2. The molecule has 1 aliphatic heterocycles. The lowest BCUT2D eigenvalue weighted by molar-refractivity contribution is -0.147. The van der Waals surface area contributed by atoms with Gasteiger partial charge in [-0.15, -0.1) is 0 Å². The Kier molecular flexibility index (Phi) is 4.65. The molecule has 1 N–H and O–H groups in total. The van der Waals surface area contributed by atoms with Crippen LogP contribution in [0.4, 0.5) is 0 Å². The van der Waals surface area contributed by atoms with Gasteiger partial charge in [0.2, 0.25) is 5.91 Å². The van der Waals surface area contributed by atoms with E-state index >= 15 is 0 Å². The first kappa shape index (κ1) is 14.8. The number of likely N-dealkylation sites (tertiary alicyclic amines) is 1. The zero-order chi connectivity index (χ0) is 14.7. The normalized spacial score (nSPS) is 22.8. The highest BCUT2D eigenvalue weighted by molar-refractivity contribution is 6.30. The summed E-state index contributed by atoms with van der Waals surface area (Å²) >= 11 is 5.76. The van der Waals surface area contributed by atoms with Crippen molar-refractivity contribution in [3.8, 4) is 0 Å². The van der Waals surface area contributed by atoms with Crippen LogP contribution < -0.4 is 0 Å². The van der Waals surface area contributed by atoms with Crippen LogP contribution in [0.1, 0.15) is 26.2 Å². The first-order valence-corrected chi connectivity index (χ1v) is 7.05. The smallest absolute Gasteiger partial charge is 0.308 e. The van der Waals surface area contributed by atoms with E-state index < -0.39 is 11.9 Å². The minimum Gasteiger partial charge on any atom is -0.481 e. The molecule has 2 heterocycles. The molecule has 0 bridgehead atoms. The summed E-state index contributed by atoms with van der Waals surface area (Å²) in [5, 5.41) is 13.6. The second kappa shape index (κ2) is 6.26. The van der Waals surface area contributed by atoms with E-state index in [4.69, 9.17) is 16.7 Å². The van der Waals surface area contributed by atoms with Crippen molar-refractivity contribution in [1.82, 2.24) is 14.7 Å². The number of carbonyl (C=O) groups excluding carboxylic acids is 1. The van der Waals surface area contributed by atoms with Crippen molar-refractivity contribution in [2.45, 2.75) is 38.8 Å². The lowest BCUT2D eigenvalue weighted by atomic mass is 9.93. The maximum Gasteiger partial charge on any atom is 0.308 e. The van der Waals surface area contributed by atoms with Crippen LogP contribution in [0.3, 0.4) is 0 Å². The first-order valence-electron chi connectivity index (χ1n) is 6.67. The molecule has 1 amide bonds. The molecular formula is C13H18ClN3O3. The molecule has 0 radical (unpaired) electrons. The van der Waals surface area contributed by atoms with Crippen molar-refractivity contribution < 1.29 is 14.7 Å². The Labute approximate surface area is 122 Å². The quantitative estimate of drug-likeness (QED) is 0.917. The summed E-state index contributed by atoms with van der Waals surface area (Å²) in [6, 6.07) is 0.0966. The van der Waals surface area contributed by atoms with E-state index in [-0.39, 0.29) is 11.9 Å². The van der Waals surface area contributed by atoms with Crippen molar-refractivity contribution in [3.05, 3.63) is 17.4 Å². The highest BCUT2D eigenvalue weighted by Gasteiger charge is 2.32. The highest BCUT2D eigenvalue weighted by Crippen LogP contribution is 2.22. The minimum atomic E-state index is -0.825. The SMILES string of the molecule is CC1CCC(C(=O)O)CN1C(=O)CCn1cc(Cl)cn1. The Morgan fingerprint density at radius 2 is 2.25 bits per heavy atom. The van der Waals surface area contributed by atoms with Crippen LogP contribution in [0.2, 0.25) is 5.02 Å². The molecule has 0 saturated carbocycles. The molecule has 2 atom stereocenters. The number of amides is 1. The van der Waals surface area contributed by atoms with E-state index in [9.17, 15) is 9.59 Å². The maximum atomic E-state index is 12.2. The fraction of sp³-hybridized carbons (Fsp3) is 0.615. The van der Waals surface area contributed by atoms with Crippen LogP contribution in [-0.4, -0.2) is 44.3 Å². The number of carbonyl (C=O) groups is 2. The van der Waals surface area contributed by atoms with Crippen LogP contribution in [-0.2, 0) is 16.1 Å². The molecule has 110 valence electrons. The summed E-state index contributed by atoms with van der Waals surface area (Å²) in [6.45, 7) is 2.71. The molecule has 1 aliphatic rings. The Bertz CT molecular complexity index is 503. The molecule has 1 aromatic heterocycles. The number of piperidine rings is 1. The van der Waals surface area contributed by atoms with Gasteiger partial charge in [0.25, 0.3) is 0 Å². The average Bonchev–Trinajstić information content (AvgIpc) is 2.82. The number of halogens is 1. The lowest BCUT2D eigenvalue weighted by Crippen LogP contribution is -2.47. The van der Waals surface area contributed by atoms with E-state index in [1.54, 1.807) is 15.8 Å². The van der Waals surface area contributed by atoms with Crippen molar-refractivity contribution in [1.29, 1.82) is 0 Å². The van der Waals surface area contributed by atoms with Crippen molar-refractivity contribution in [3.63, 3.8) is 0 Å². The van der Waals surface area contributed by atoms with Gasteiger partial charge in [0.05, 0.1) is 17.1 Å². The monoisotopic (exact) mass is 299 g/mol. The molecule has 20 heavy (non-hydrogen) atoms. The Balaban J connectivity index is 1.91. The van der Waals surface area contributed by atoms with Crippen molar-refractivity contribution >= 4 is 23.5 Å². The molecule has 6 nitrogen and oxygen atoms in total. The van der Waals surface area contributed by atoms with Gasteiger partial charge in [-0.1, -0.05) is 11.6 Å². The lowest BCUT2D eigenvalue weighted by Gasteiger charge is -2.36. The zero-order valence-electron chi connectivity index (χ0n) is 11.3. The predicted molar refractivity (Wildman–Crippen MR) is 73.4 cm³/mol. The summed E-state index contributed by atoms with van der Waals surface area (Å²) in [5.41, 5.74) is 0. The second-order valence-corrected chi connectivity index (χ2v) is 5.62. The van der Waals surface area contributed by atoms with Gasteiger partial charge in [-0.05, 0) is 19.8 Å². The summed E-state index contributed by atoms with van der Waals surface area (Å²) < 4.78 is 1.61. The molecule has 0 aliphatic carbocycles. The number of nitrogens with zero attached hydrogens (tertiary/aromatic N) is 3. The number of hydrogen-bond donors (Lipinski definition) is 1. The van der Waals surface area contributed by atoms with Gasteiger partial charge in [-0.2, -0.15) is 5.10 Å². The number of aliphatic carboxylic acids is 1. The second-order valence-electron chi connectivity index (χ2n) is 5.18. The van der Waals surface area contributed by atoms with E-state index in [1.165, 1.54) is 6.20 Å². The topological polar surface area (TPSA) is 75.4 Å². The number of carboxylic acids is 1. The van der Waals surface area contributed by atoms with Gasteiger partial charge in [0, 0.05) is 31.7 Å². The molecule has 1 aromatic rings. The Morgan fingerprint density at radius 1 is 1.50 bits per heavy atom. The van der Waals surface area contributed by atoms with Crippen LogP contribution in [0.25, 0.3) is 0 Å². The molecule has 2 unspecified atom stereocenters. The van der Waals surface area contributed by atoms with Gasteiger partial charge >= 0.3 is 5.97 Å². The Hall–Kier alpha value is -1.56. The van der Waals surface area contributed by atoms with Crippen LogP contribution >= 0.6 is 11.6 Å². The molecular weight excluding hydrogens is 282 g/mol. The molecule has 0 spiro atoms. The van der Waals surface area contributed by atoms with Crippen molar-refractivity contribution in [2.24, 2.45) is 5.92 Å². The van der Waals surface area contributed by atoms with Gasteiger partial charge in [0.15, 0.2) is 0 Å². The standard InChI is InChI=1S/C13H18ClN3O3/c1-9-2-3-10(13(19)20)7-17(9)12(18)4-5-16-8-11(14)6-15-16/h6,8-10H,2-5,7H2,1H3,(H,19,20). The van der Waals surface area contributed by atoms with Crippen LogP contribution in [0, 0.1) is 5.92 Å². The first-order chi connectivity index (χ1) is 9.47.